The van der Waals surface area contributed by atoms with Crippen LogP contribution in [0, 0.1) is 41.4 Å². The van der Waals surface area contributed by atoms with Crippen molar-refractivity contribution in [2.24, 2.45) is 41.4 Å². The number of rotatable bonds is 8. The lowest BCUT2D eigenvalue weighted by molar-refractivity contribution is 0.0339. The summed E-state index contributed by atoms with van der Waals surface area (Å²) in [6.45, 7) is 7.11. The number of hydrogen-bond donors (Lipinski definition) is 0. The maximum absolute atomic E-state index is 15.1. The molecule has 3 aliphatic carbocycles. The number of halogens is 1. The normalized spacial score (nSPS) is 40.9. The zero-order valence-corrected chi connectivity index (χ0v) is 19.3. The average molecular weight is 393 g/mol. The van der Waals surface area contributed by atoms with Gasteiger partial charge in [-0.25, -0.2) is 4.39 Å². The van der Waals surface area contributed by atoms with Crippen molar-refractivity contribution in [2.45, 2.75) is 130 Å². The highest BCUT2D eigenvalue weighted by atomic mass is 19.1. The third kappa shape index (κ3) is 6.46. The maximum atomic E-state index is 15.1. The molecule has 1 heteroatoms. The van der Waals surface area contributed by atoms with Gasteiger partial charge in [0.25, 0.3) is 0 Å². The first kappa shape index (κ1) is 22.6. The van der Waals surface area contributed by atoms with Crippen LogP contribution in [-0.4, -0.2) is 6.17 Å². The minimum absolute atomic E-state index is 0.408. The molecule has 0 aliphatic heterocycles. The Morgan fingerprint density at radius 2 is 1.43 bits per heavy atom. The summed E-state index contributed by atoms with van der Waals surface area (Å²) >= 11 is 0. The lowest BCUT2D eigenvalue weighted by Gasteiger charge is -2.43. The van der Waals surface area contributed by atoms with Crippen molar-refractivity contribution in [1.82, 2.24) is 0 Å². The molecule has 28 heavy (non-hydrogen) atoms. The largest absolute Gasteiger partial charge is 0.247 e. The number of hydrogen-bond acceptors (Lipinski definition) is 0. The van der Waals surface area contributed by atoms with Crippen LogP contribution < -0.4 is 0 Å². The first-order valence-corrected chi connectivity index (χ1v) is 13.2. The van der Waals surface area contributed by atoms with Crippen LogP contribution in [0.4, 0.5) is 4.39 Å². The van der Waals surface area contributed by atoms with E-state index >= 15 is 4.39 Å². The van der Waals surface area contributed by atoms with E-state index in [1.165, 1.54) is 96.3 Å². The van der Waals surface area contributed by atoms with Gasteiger partial charge in [-0.15, -0.1) is 0 Å². The van der Waals surface area contributed by atoms with E-state index in [0.29, 0.717) is 17.8 Å². The highest BCUT2D eigenvalue weighted by molar-refractivity contribution is 4.89. The summed E-state index contributed by atoms with van der Waals surface area (Å²) in [7, 11) is 0. The lowest BCUT2D eigenvalue weighted by atomic mass is 9.64. The Kier molecular flexibility index (Phi) is 9.17. The first-order chi connectivity index (χ1) is 13.6. The monoisotopic (exact) mass is 392 g/mol. The molecule has 0 aromatic carbocycles. The zero-order chi connectivity index (χ0) is 19.9. The van der Waals surface area contributed by atoms with Gasteiger partial charge in [0, 0.05) is 0 Å². The Morgan fingerprint density at radius 1 is 0.786 bits per heavy atom. The molecule has 0 radical (unpaired) electrons. The molecule has 0 heterocycles. The van der Waals surface area contributed by atoms with Gasteiger partial charge in [-0.2, -0.15) is 0 Å². The van der Waals surface area contributed by atoms with Gasteiger partial charge in [0.1, 0.15) is 6.17 Å². The Balaban J connectivity index is 1.34. The maximum Gasteiger partial charge on any atom is 0.103 e. The summed E-state index contributed by atoms with van der Waals surface area (Å²) in [5.74, 6) is 5.45. The van der Waals surface area contributed by atoms with Crippen molar-refractivity contribution in [1.29, 1.82) is 0 Å². The van der Waals surface area contributed by atoms with Crippen LogP contribution in [0.2, 0.25) is 0 Å². The van der Waals surface area contributed by atoms with Gasteiger partial charge in [-0.05, 0) is 86.4 Å². The van der Waals surface area contributed by atoms with E-state index in [2.05, 4.69) is 20.8 Å². The van der Waals surface area contributed by atoms with Crippen molar-refractivity contribution < 1.29 is 4.39 Å². The quantitative estimate of drug-likeness (QED) is 0.386. The standard InChI is InChI=1S/C27H49F/c1-4-6-20(2)7-5-8-22-11-15-23(16-12-22)25-17-18-26(27(28)19-25)24-13-9-21(3)10-14-24/h20-27H,4-19H2,1-3H3. The van der Waals surface area contributed by atoms with E-state index < -0.39 is 6.17 Å². The molecule has 0 nitrogen and oxygen atoms in total. The SMILES string of the molecule is CCCC(C)CCCC1CCC(C2CCC(C3CCC(C)CC3)C(F)C2)CC1. The van der Waals surface area contributed by atoms with E-state index in [1.54, 1.807) is 0 Å². The molecule has 4 atom stereocenters. The van der Waals surface area contributed by atoms with E-state index in [0.717, 1.165) is 30.1 Å². The molecule has 0 aromatic heterocycles. The predicted molar refractivity (Wildman–Crippen MR) is 120 cm³/mol. The summed E-state index contributed by atoms with van der Waals surface area (Å²) in [6.07, 6.45) is 21.0. The molecule has 3 fully saturated rings. The van der Waals surface area contributed by atoms with Gasteiger partial charge < -0.3 is 0 Å². The van der Waals surface area contributed by atoms with E-state index in [1.807, 2.05) is 0 Å². The predicted octanol–water partition coefficient (Wildman–Crippen LogP) is 8.98. The van der Waals surface area contributed by atoms with Crippen molar-refractivity contribution in [2.75, 3.05) is 0 Å². The molecule has 3 saturated carbocycles. The van der Waals surface area contributed by atoms with Crippen LogP contribution >= 0.6 is 0 Å². The summed E-state index contributed by atoms with van der Waals surface area (Å²) < 4.78 is 15.1. The zero-order valence-electron chi connectivity index (χ0n) is 19.3. The summed E-state index contributed by atoms with van der Waals surface area (Å²) in [4.78, 5) is 0. The summed E-state index contributed by atoms with van der Waals surface area (Å²) in [5.41, 5.74) is 0. The van der Waals surface area contributed by atoms with Gasteiger partial charge in [0.2, 0.25) is 0 Å². The minimum atomic E-state index is -0.491. The second-order valence-corrected chi connectivity index (χ2v) is 11.4. The van der Waals surface area contributed by atoms with Crippen LogP contribution in [0.25, 0.3) is 0 Å². The lowest BCUT2D eigenvalue weighted by Crippen LogP contribution is -2.36. The van der Waals surface area contributed by atoms with Gasteiger partial charge >= 0.3 is 0 Å². The van der Waals surface area contributed by atoms with Crippen LogP contribution in [0.5, 0.6) is 0 Å². The third-order valence-electron chi connectivity index (χ3n) is 9.18. The van der Waals surface area contributed by atoms with Gasteiger partial charge in [-0.3, -0.25) is 0 Å². The molecule has 4 unspecified atom stereocenters. The summed E-state index contributed by atoms with van der Waals surface area (Å²) in [6, 6.07) is 0. The third-order valence-corrected chi connectivity index (χ3v) is 9.18. The van der Waals surface area contributed by atoms with Gasteiger partial charge in [-0.1, -0.05) is 78.6 Å². The molecule has 0 spiro atoms. The smallest absolute Gasteiger partial charge is 0.103 e. The van der Waals surface area contributed by atoms with E-state index in [-0.39, 0.29) is 0 Å². The highest BCUT2D eigenvalue weighted by Gasteiger charge is 2.39. The minimum Gasteiger partial charge on any atom is -0.247 e. The topological polar surface area (TPSA) is 0 Å². The molecular formula is C27H49F. The fraction of sp³-hybridized carbons (Fsp3) is 1.00. The molecule has 164 valence electrons. The Bertz CT molecular complexity index is 416. The Hall–Kier alpha value is -0.0700. The number of alkyl halides is 1. The van der Waals surface area contributed by atoms with Crippen LogP contribution in [0.1, 0.15) is 124 Å². The van der Waals surface area contributed by atoms with Crippen molar-refractivity contribution in [3.05, 3.63) is 0 Å². The average Bonchev–Trinajstić information content (AvgIpc) is 2.69. The van der Waals surface area contributed by atoms with Crippen LogP contribution in [-0.2, 0) is 0 Å². The molecule has 3 aliphatic rings. The molecule has 0 amide bonds. The van der Waals surface area contributed by atoms with Gasteiger partial charge in [0.05, 0.1) is 0 Å². The van der Waals surface area contributed by atoms with Crippen molar-refractivity contribution in [3.63, 3.8) is 0 Å². The molecule has 3 rings (SSSR count). The van der Waals surface area contributed by atoms with Crippen molar-refractivity contribution in [3.8, 4) is 0 Å². The fourth-order valence-corrected chi connectivity index (χ4v) is 7.18. The highest BCUT2D eigenvalue weighted by Crippen LogP contribution is 2.47. The van der Waals surface area contributed by atoms with E-state index in [4.69, 9.17) is 0 Å². The molecule has 0 aromatic rings. The van der Waals surface area contributed by atoms with Gasteiger partial charge in [0.15, 0.2) is 0 Å². The second kappa shape index (κ2) is 11.4. The van der Waals surface area contributed by atoms with Crippen LogP contribution in [0.3, 0.4) is 0 Å². The molecular weight excluding hydrogens is 343 g/mol. The van der Waals surface area contributed by atoms with Crippen molar-refractivity contribution >= 4 is 0 Å². The summed E-state index contributed by atoms with van der Waals surface area (Å²) in [5, 5.41) is 0. The Morgan fingerprint density at radius 3 is 2.07 bits per heavy atom. The fourth-order valence-electron chi connectivity index (χ4n) is 7.18. The van der Waals surface area contributed by atoms with Crippen LogP contribution in [0.15, 0.2) is 0 Å². The molecule has 0 bridgehead atoms. The first-order valence-electron chi connectivity index (χ1n) is 13.2. The Labute approximate surface area is 175 Å². The van der Waals surface area contributed by atoms with E-state index in [9.17, 15) is 0 Å². The molecule has 0 saturated heterocycles. The molecule has 0 N–H and O–H groups in total. The second-order valence-electron chi connectivity index (χ2n) is 11.4.